The summed E-state index contributed by atoms with van der Waals surface area (Å²) >= 11 is 0. The first-order valence-electron chi connectivity index (χ1n) is 7.53. The summed E-state index contributed by atoms with van der Waals surface area (Å²) in [7, 11) is 0. The van der Waals surface area contributed by atoms with Gasteiger partial charge in [0.2, 0.25) is 5.91 Å². The molecule has 0 bridgehead atoms. The van der Waals surface area contributed by atoms with E-state index in [0.29, 0.717) is 11.5 Å². The molecule has 110 valence electrons. The quantitative estimate of drug-likeness (QED) is 0.938. The van der Waals surface area contributed by atoms with Crippen molar-refractivity contribution >= 4 is 5.91 Å². The van der Waals surface area contributed by atoms with Gasteiger partial charge in [-0.2, -0.15) is 5.26 Å². The lowest BCUT2D eigenvalue weighted by Crippen LogP contribution is -2.35. The third-order valence-electron chi connectivity index (χ3n) is 4.62. The van der Waals surface area contributed by atoms with E-state index in [9.17, 15) is 4.79 Å². The molecule has 0 heterocycles. The standard InChI is InChI=1S/C19H18N2O/c20-12-13-6-8-15(9-7-13)18(19(21)22)17-10-16(11-17)14-4-2-1-3-5-14/h1-9,16-18H,10-11H2,(H2,21,22). The average molecular weight is 290 g/mol. The van der Waals surface area contributed by atoms with Crippen LogP contribution in [0.5, 0.6) is 0 Å². The predicted octanol–water partition coefficient (Wildman–Crippen LogP) is 3.32. The second-order valence-corrected chi connectivity index (χ2v) is 5.95. The molecule has 1 amide bonds. The average Bonchev–Trinajstić information content (AvgIpc) is 2.51. The minimum Gasteiger partial charge on any atom is -0.369 e. The molecule has 2 N–H and O–H groups in total. The lowest BCUT2D eigenvalue weighted by molar-refractivity contribution is -0.121. The molecule has 1 aliphatic rings. The van der Waals surface area contributed by atoms with Gasteiger partial charge in [0.25, 0.3) is 0 Å². The molecule has 1 saturated carbocycles. The van der Waals surface area contributed by atoms with Crippen LogP contribution in [0.1, 0.15) is 41.4 Å². The van der Waals surface area contributed by atoms with Crippen LogP contribution in [0.4, 0.5) is 0 Å². The SMILES string of the molecule is N#Cc1ccc(C(C(N)=O)C2CC(c3ccccc3)C2)cc1. The molecule has 2 aromatic rings. The topological polar surface area (TPSA) is 66.9 Å². The first-order chi connectivity index (χ1) is 10.7. The van der Waals surface area contributed by atoms with Gasteiger partial charge in [0.05, 0.1) is 17.6 Å². The van der Waals surface area contributed by atoms with Crippen LogP contribution in [0.3, 0.4) is 0 Å². The van der Waals surface area contributed by atoms with E-state index in [2.05, 4.69) is 30.3 Å². The van der Waals surface area contributed by atoms with Gasteiger partial charge in [-0.1, -0.05) is 42.5 Å². The van der Waals surface area contributed by atoms with E-state index in [0.717, 1.165) is 18.4 Å². The third-order valence-corrected chi connectivity index (χ3v) is 4.62. The molecule has 3 rings (SSSR count). The largest absolute Gasteiger partial charge is 0.369 e. The van der Waals surface area contributed by atoms with E-state index in [1.165, 1.54) is 5.56 Å². The van der Waals surface area contributed by atoms with Crippen LogP contribution >= 0.6 is 0 Å². The van der Waals surface area contributed by atoms with Gasteiger partial charge in [0.15, 0.2) is 0 Å². The maximum absolute atomic E-state index is 11.9. The molecular weight excluding hydrogens is 272 g/mol. The van der Waals surface area contributed by atoms with Crippen molar-refractivity contribution in [2.75, 3.05) is 0 Å². The van der Waals surface area contributed by atoms with E-state index < -0.39 is 0 Å². The summed E-state index contributed by atoms with van der Waals surface area (Å²) in [5.41, 5.74) is 8.48. The van der Waals surface area contributed by atoms with E-state index in [-0.39, 0.29) is 17.7 Å². The van der Waals surface area contributed by atoms with E-state index in [4.69, 9.17) is 11.0 Å². The maximum Gasteiger partial charge on any atom is 0.225 e. The van der Waals surface area contributed by atoms with Crippen molar-refractivity contribution in [2.45, 2.75) is 24.7 Å². The summed E-state index contributed by atoms with van der Waals surface area (Å²) in [4.78, 5) is 11.9. The van der Waals surface area contributed by atoms with Crippen molar-refractivity contribution in [2.24, 2.45) is 11.7 Å². The number of hydrogen-bond donors (Lipinski definition) is 1. The van der Waals surface area contributed by atoms with E-state index in [1.807, 2.05) is 18.2 Å². The zero-order valence-corrected chi connectivity index (χ0v) is 12.3. The summed E-state index contributed by atoms with van der Waals surface area (Å²) in [6, 6.07) is 19.7. The highest BCUT2D eigenvalue weighted by Gasteiger charge is 2.39. The Hall–Kier alpha value is -2.60. The molecule has 22 heavy (non-hydrogen) atoms. The molecule has 1 fully saturated rings. The fourth-order valence-corrected chi connectivity index (χ4v) is 3.37. The molecular formula is C19H18N2O. The second-order valence-electron chi connectivity index (χ2n) is 5.95. The number of rotatable bonds is 4. The lowest BCUT2D eigenvalue weighted by atomic mass is 9.64. The Morgan fingerprint density at radius 1 is 1.09 bits per heavy atom. The van der Waals surface area contributed by atoms with Crippen molar-refractivity contribution in [1.82, 2.24) is 0 Å². The number of amides is 1. The number of benzene rings is 2. The van der Waals surface area contributed by atoms with Crippen LogP contribution in [-0.2, 0) is 4.79 Å². The summed E-state index contributed by atoms with van der Waals surface area (Å²) in [6.45, 7) is 0. The Balaban J connectivity index is 1.74. The van der Waals surface area contributed by atoms with Crippen LogP contribution in [0.25, 0.3) is 0 Å². The number of nitriles is 1. The molecule has 0 radical (unpaired) electrons. The summed E-state index contributed by atoms with van der Waals surface area (Å²) < 4.78 is 0. The Bertz CT molecular complexity index is 694. The van der Waals surface area contributed by atoms with Crippen molar-refractivity contribution in [3.05, 3.63) is 71.3 Å². The van der Waals surface area contributed by atoms with Gasteiger partial charge >= 0.3 is 0 Å². The summed E-state index contributed by atoms with van der Waals surface area (Å²) in [5, 5.41) is 8.86. The zero-order chi connectivity index (χ0) is 15.5. The third kappa shape index (κ3) is 2.73. The minimum atomic E-state index is -0.277. The van der Waals surface area contributed by atoms with Gasteiger partial charge < -0.3 is 5.73 Å². The predicted molar refractivity (Wildman–Crippen MR) is 85.0 cm³/mol. The highest BCUT2D eigenvalue weighted by molar-refractivity contribution is 5.82. The number of nitrogens with zero attached hydrogens (tertiary/aromatic N) is 1. The number of nitrogens with two attached hydrogens (primary N) is 1. The molecule has 1 unspecified atom stereocenters. The molecule has 0 spiro atoms. The van der Waals surface area contributed by atoms with Crippen molar-refractivity contribution in [1.29, 1.82) is 5.26 Å². The van der Waals surface area contributed by atoms with E-state index >= 15 is 0 Å². The maximum atomic E-state index is 11.9. The monoisotopic (exact) mass is 290 g/mol. The fraction of sp³-hybridized carbons (Fsp3) is 0.263. The molecule has 2 aromatic carbocycles. The Morgan fingerprint density at radius 2 is 1.73 bits per heavy atom. The Kier molecular flexibility index (Phi) is 3.93. The molecule has 1 aliphatic carbocycles. The van der Waals surface area contributed by atoms with E-state index in [1.54, 1.807) is 12.1 Å². The summed E-state index contributed by atoms with van der Waals surface area (Å²) in [6.07, 6.45) is 1.97. The number of carbonyl (C=O) groups is 1. The number of hydrogen-bond acceptors (Lipinski definition) is 2. The van der Waals surface area contributed by atoms with Gasteiger partial charge in [-0.05, 0) is 47.9 Å². The molecule has 1 atom stereocenters. The zero-order valence-electron chi connectivity index (χ0n) is 12.3. The normalized spacial score (nSPS) is 21.4. The van der Waals surface area contributed by atoms with Crippen molar-refractivity contribution < 1.29 is 4.79 Å². The highest BCUT2D eigenvalue weighted by atomic mass is 16.1. The highest BCUT2D eigenvalue weighted by Crippen LogP contribution is 2.48. The molecule has 0 aromatic heterocycles. The van der Waals surface area contributed by atoms with Gasteiger partial charge in [-0.25, -0.2) is 0 Å². The van der Waals surface area contributed by atoms with Crippen molar-refractivity contribution in [3.63, 3.8) is 0 Å². The van der Waals surface area contributed by atoms with Crippen LogP contribution in [0.2, 0.25) is 0 Å². The molecule has 3 heteroatoms. The minimum absolute atomic E-state index is 0.257. The van der Waals surface area contributed by atoms with Crippen molar-refractivity contribution in [3.8, 4) is 6.07 Å². The Labute approximate surface area is 130 Å². The second kappa shape index (κ2) is 6.03. The first kappa shape index (κ1) is 14.3. The fourth-order valence-electron chi connectivity index (χ4n) is 3.37. The lowest BCUT2D eigenvalue weighted by Gasteiger charge is -2.39. The molecule has 3 nitrogen and oxygen atoms in total. The summed E-state index contributed by atoms with van der Waals surface area (Å²) in [5.74, 6) is 0.274. The smallest absolute Gasteiger partial charge is 0.225 e. The number of carbonyl (C=O) groups excluding carboxylic acids is 1. The number of primary amides is 1. The Morgan fingerprint density at radius 3 is 2.27 bits per heavy atom. The van der Waals surface area contributed by atoms with Crippen LogP contribution in [0.15, 0.2) is 54.6 Å². The van der Waals surface area contributed by atoms with Crippen LogP contribution in [-0.4, -0.2) is 5.91 Å². The van der Waals surface area contributed by atoms with Gasteiger partial charge in [0.1, 0.15) is 0 Å². The molecule has 0 saturated heterocycles. The van der Waals surface area contributed by atoms with Gasteiger partial charge in [-0.3, -0.25) is 4.79 Å². The first-order valence-corrected chi connectivity index (χ1v) is 7.53. The van der Waals surface area contributed by atoms with Crippen LogP contribution in [0, 0.1) is 17.2 Å². The van der Waals surface area contributed by atoms with Crippen LogP contribution < -0.4 is 5.73 Å². The van der Waals surface area contributed by atoms with Gasteiger partial charge in [-0.15, -0.1) is 0 Å². The molecule has 0 aliphatic heterocycles. The van der Waals surface area contributed by atoms with Gasteiger partial charge in [0, 0.05) is 0 Å².